The number of nitrogen functional groups attached to an aromatic ring is 1. The van der Waals surface area contributed by atoms with E-state index in [1.165, 1.54) is 0 Å². The summed E-state index contributed by atoms with van der Waals surface area (Å²) < 4.78 is 9.06. The van der Waals surface area contributed by atoms with Crippen LogP contribution in [-0.4, -0.2) is 60.5 Å². The van der Waals surface area contributed by atoms with Crippen LogP contribution in [0.15, 0.2) is 30.7 Å². The molecule has 0 amide bonds. The van der Waals surface area contributed by atoms with E-state index in [9.17, 15) is 0 Å². The first-order valence-corrected chi connectivity index (χ1v) is 9.14. The number of hydrogen-bond donors (Lipinski definition) is 2. The van der Waals surface area contributed by atoms with Crippen LogP contribution >= 0.6 is 0 Å². The highest BCUT2D eigenvalue weighted by Crippen LogP contribution is 2.36. The van der Waals surface area contributed by atoms with E-state index in [1.54, 1.807) is 15.6 Å². The molecule has 0 bridgehead atoms. The number of anilines is 2. The van der Waals surface area contributed by atoms with Gasteiger partial charge in [-0.2, -0.15) is 14.9 Å². The van der Waals surface area contributed by atoms with E-state index in [1.807, 2.05) is 25.5 Å². The van der Waals surface area contributed by atoms with Crippen LogP contribution in [0, 0.1) is 0 Å². The van der Waals surface area contributed by atoms with E-state index in [0.717, 1.165) is 28.9 Å². The Labute approximate surface area is 160 Å². The monoisotopic (exact) mass is 379 g/mol. The molecule has 1 aliphatic rings. The van der Waals surface area contributed by atoms with Crippen LogP contribution in [0.4, 0.5) is 11.6 Å². The first-order valence-electron chi connectivity index (χ1n) is 9.14. The second-order valence-corrected chi connectivity index (χ2v) is 6.99. The fraction of sp³-hybridized carbons (Fsp3) is 0.333. The molecule has 0 spiro atoms. The number of nitrogens with zero attached hydrogens (tertiary/aromatic N) is 7. The molecule has 4 aromatic heterocycles. The van der Waals surface area contributed by atoms with Gasteiger partial charge in [0, 0.05) is 37.0 Å². The standard InChI is InChI=1S/C18H21N9O/c1-11-10-28-6-5-26(11)15-7-13(12-8-21-25(2)9-12)16-17(19)24-27(18(16)22-15)14-3-4-20-23-14/h3-4,7-9,11H,5-6,10H2,1-2H3,(H2,19,24)(H,20,23)/t11-/m1/s1. The van der Waals surface area contributed by atoms with Crippen molar-refractivity contribution in [3.8, 4) is 16.9 Å². The Kier molecular flexibility index (Phi) is 3.79. The van der Waals surface area contributed by atoms with Gasteiger partial charge in [0.1, 0.15) is 5.82 Å². The second-order valence-electron chi connectivity index (χ2n) is 6.99. The zero-order valence-electron chi connectivity index (χ0n) is 15.7. The van der Waals surface area contributed by atoms with Gasteiger partial charge < -0.3 is 15.4 Å². The van der Waals surface area contributed by atoms with Gasteiger partial charge in [-0.1, -0.05) is 0 Å². The van der Waals surface area contributed by atoms with Crippen molar-refractivity contribution in [2.75, 3.05) is 30.4 Å². The van der Waals surface area contributed by atoms with Gasteiger partial charge in [0.05, 0.1) is 37.0 Å². The van der Waals surface area contributed by atoms with Gasteiger partial charge in [0.2, 0.25) is 0 Å². The van der Waals surface area contributed by atoms with Crippen molar-refractivity contribution >= 4 is 22.7 Å². The maximum absolute atomic E-state index is 6.32. The number of rotatable bonds is 3. The molecule has 5 rings (SSSR count). The Balaban J connectivity index is 1.78. The van der Waals surface area contributed by atoms with Gasteiger partial charge in [-0.25, -0.2) is 4.98 Å². The zero-order chi connectivity index (χ0) is 19.3. The minimum Gasteiger partial charge on any atom is -0.382 e. The van der Waals surface area contributed by atoms with Gasteiger partial charge in [-0.05, 0) is 13.0 Å². The molecule has 3 N–H and O–H groups in total. The summed E-state index contributed by atoms with van der Waals surface area (Å²) in [5.41, 5.74) is 8.91. The highest BCUT2D eigenvalue weighted by Gasteiger charge is 2.25. The molecule has 1 saturated heterocycles. The zero-order valence-corrected chi connectivity index (χ0v) is 15.7. The number of aromatic amines is 1. The Bertz CT molecular complexity index is 1130. The number of fused-ring (bicyclic) bond motifs is 1. The first kappa shape index (κ1) is 16.8. The molecular formula is C18H21N9O. The highest BCUT2D eigenvalue weighted by molar-refractivity contribution is 6.01. The van der Waals surface area contributed by atoms with Crippen LogP contribution in [0.25, 0.3) is 28.0 Å². The molecule has 0 saturated carbocycles. The van der Waals surface area contributed by atoms with Crippen LogP contribution in [-0.2, 0) is 11.8 Å². The average Bonchev–Trinajstić information content (AvgIpc) is 3.42. The van der Waals surface area contributed by atoms with Crippen LogP contribution in [0.2, 0.25) is 0 Å². The number of aryl methyl sites for hydroxylation is 1. The number of hydrogen-bond acceptors (Lipinski definition) is 7. The molecule has 10 nitrogen and oxygen atoms in total. The molecule has 4 aromatic rings. The minimum absolute atomic E-state index is 0.223. The SMILES string of the molecule is C[C@@H]1COCCN1c1cc(-c2cnn(C)c2)c2c(N)nn(-c3ccn[nH]3)c2n1. The maximum atomic E-state index is 6.32. The van der Waals surface area contributed by atoms with Gasteiger partial charge in [-0.15, -0.1) is 5.10 Å². The minimum atomic E-state index is 0.223. The first-order chi connectivity index (χ1) is 13.6. The highest BCUT2D eigenvalue weighted by atomic mass is 16.5. The molecule has 28 heavy (non-hydrogen) atoms. The molecule has 5 heterocycles. The predicted molar refractivity (Wildman–Crippen MR) is 105 cm³/mol. The summed E-state index contributed by atoms with van der Waals surface area (Å²) in [4.78, 5) is 7.19. The van der Waals surface area contributed by atoms with Gasteiger partial charge in [-0.3, -0.25) is 9.78 Å². The predicted octanol–water partition coefficient (Wildman–Crippen LogP) is 1.35. The third kappa shape index (κ3) is 2.61. The smallest absolute Gasteiger partial charge is 0.169 e. The quantitative estimate of drug-likeness (QED) is 0.552. The molecular weight excluding hydrogens is 358 g/mol. The van der Waals surface area contributed by atoms with Crippen molar-refractivity contribution in [1.82, 2.24) is 34.7 Å². The van der Waals surface area contributed by atoms with E-state index in [-0.39, 0.29) is 6.04 Å². The van der Waals surface area contributed by atoms with Crippen molar-refractivity contribution in [1.29, 1.82) is 0 Å². The fourth-order valence-electron chi connectivity index (χ4n) is 3.67. The molecule has 1 fully saturated rings. The molecule has 10 heteroatoms. The third-order valence-electron chi connectivity index (χ3n) is 5.04. The number of morpholine rings is 1. The Morgan fingerprint density at radius 2 is 2.25 bits per heavy atom. The Hall–Kier alpha value is -3.40. The summed E-state index contributed by atoms with van der Waals surface area (Å²) in [5, 5.41) is 16.6. The summed E-state index contributed by atoms with van der Waals surface area (Å²) in [5.74, 6) is 1.99. The number of ether oxygens (including phenoxy) is 1. The lowest BCUT2D eigenvalue weighted by Gasteiger charge is -2.34. The number of pyridine rings is 1. The fourth-order valence-corrected chi connectivity index (χ4v) is 3.67. The van der Waals surface area contributed by atoms with Crippen molar-refractivity contribution in [3.63, 3.8) is 0 Å². The number of nitrogens with two attached hydrogens (primary N) is 1. The largest absolute Gasteiger partial charge is 0.382 e. The summed E-state index contributed by atoms with van der Waals surface area (Å²) in [6, 6.07) is 4.12. The average molecular weight is 379 g/mol. The van der Waals surface area contributed by atoms with Gasteiger partial charge >= 0.3 is 0 Å². The normalized spacial score (nSPS) is 17.5. The van der Waals surface area contributed by atoms with E-state index >= 15 is 0 Å². The second kappa shape index (κ2) is 6.34. The lowest BCUT2D eigenvalue weighted by atomic mass is 10.1. The summed E-state index contributed by atoms with van der Waals surface area (Å²) >= 11 is 0. The van der Waals surface area contributed by atoms with Crippen molar-refractivity contribution < 1.29 is 4.74 Å². The third-order valence-corrected chi connectivity index (χ3v) is 5.04. The maximum Gasteiger partial charge on any atom is 0.169 e. The summed E-state index contributed by atoms with van der Waals surface area (Å²) in [7, 11) is 1.89. The molecule has 0 unspecified atom stereocenters. The van der Waals surface area contributed by atoms with Crippen LogP contribution in [0.3, 0.4) is 0 Å². The van der Waals surface area contributed by atoms with E-state index in [4.69, 9.17) is 15.5 Å². The Morgan fingerprint density at radius 1 is 1.36 bits per heavy atom. The van der Waals surface area contributed by atoms with Crippen molar-refractivity contribution in [2.24, 2.45) is 7.05 Å². The summed E-state index contributed by atoms with van der Waals surface area (Å²) in [6.45, 7) is 4.26. The molecule has 144 valence electrons. The summed E-state index contributed by atoms with van der Waals surface area (Å²) in [6.07, 6.45) is 5.47. The van der Waals surface area contributed by atoms with Gasteiger partial charge in [0.25, 0.3) is 0 Å². The molecule has 1 aliphatic heterocycles. The van der Waals surface area contributed by atoms with E-state index in [2.05, 4.69) is 38.3 Å². The number of nitrogens with one attached hydrogen (secondary N) is 1. The molecule has 0 radical (unpaired) electrons. The van der Waals surface area contributed by atoms with Crippen molar-refractivity contribution in [2.45, 2.75) is 13.0 Å². The number of H-pyrrole nitrogens is 1. The van der Waals surface area contributed by atoms with Crippen LogP contribution in [0.5, 0.6) is 0 Å². The molecule has 1 atom stereocenters. The molecule has 0 aliphatic carbocycles. The molecule has 0 aromatic carbocycles. The number of aromatic nitrogens is 7. The van der Waals surface area contributed by atoms with E-state index < -0.39 is 0 Å². The lowest BCUT2D eigenvalue weighted by Crippen LogP contribution is -2.44. The van der Waals surface area contributed by atoms with Gasteiger partial charge in [0.15, 0.2) is 17.3 Å². The van der Waals surface area contributed by atoms with E-state index in [0.29, 0.717) is 30.5 Å². The van der Waals surface area contributed by atoms with Crippen LogP contribution in [0.1, 0.15) is 6.92 Å². The Morgan fingerprint density at radius 3 is 2.96 bits per heavy atom. The lowest BCUT2D eigenvalue weighted by molar-refractivity contribution is 0.0986. The van der Waals surface area contributed by atoms with Crippen molar-refractivity contribution in [3.05, 3.63) is 30.7 Å². The topological polar surface area (TPSA) is 116 Å². The van der Waals surface area contributed by atoms with Crippen LogP contribution < -0.4 is 10.6 Å².